The highest BCUT2D eigenvalue weighted by Crippen LogP contribution is 2.21. The van der Waals surface area contributed by atoms with Gasteiger partial charge in [0.1, 0.15) is 5.82 Å². The predicted molar refractivity (Wildman–Crippen MR) is 81.2 cm³/mol. The van der Waals surface area contributed by atoms with Gasteiger partial charge in [-0.3, -0.25) is 4.79 Å². The highest BCUT2D eigenvalue weighted by molar-refractivity contribution is 5.98. The molecular formula is C15H24N4O. The maximum absolute atomic E-state index is 12.3. The molecule has 1 fully saturated rings. The van der Waals surface area contributed by atoms with Crippen LogP contribution in [0.2, 0.25) is 0 Å². The van der Waals surface area contributed by atoms with Gasteiger partial charge in [-0.2, -0.15) is 0 Å². The minimum absolute atomic E-state index is 0.0187. The van der Waals surface area contributed by atoms with Gasteiger partial charge in [0.2, 0.25) is 0 Å². The van der Waals surface area contributed by atoms with Crippen molar-refractivity contribution in [2.45, 2.75) is 25.7 Å². The van der Waals surface area contributed by atoms with Crippen LogP contribution in [0.15, 0.2) is 18.3 Å². The average molecular weight is 276 g/mol. The van der Waals surface area contributed by atoms with Crippen molar-refractivity contribution in [3.8, 4) is 0 Å². The molecular weight excluding hydrogens is 252 g/mol. The molecule has 1 aromatic rings. The first-order valence-corrected chi connectivity index (χ1v) is 7.45. The zero-order chi connectivity index (χ0) is 14.2. The minimum atomic E-state index is -0.0187. The Balaban J connectivity index is 2.01. The molecule has 20 heavy (non-hydrogen) atoms. The molecule has 0 bridgehead atoms. The summed E-state index contributed by atoms with van der Waals surface area (Å²) in [6.45, 7) is 3.59. The van der Waals surface area contributed by atoms with Gasteiger partial charge >= 0.3 is 0 Å². The van der Waals surface area contributed by atoms with Gasteiger partial charge in [-0.05, 0) is 51.4 Å². The number of carbonyl (C=O) groups is 1. The second-order valence-electron chi connectivity index (χ2n) is 5.14. The zero-order valence-corrected chi connectivity index (χ0v) is 12.2. The molecule has 1 aromatic heterocycles. The van der Waals surface area contributed by atoms with E-state index in [0.717, 1.165) is 31.9 Å². The summed E-state index contributed by atoms with van der Waals surface area (Å²) in [6.07, 6.45) is 6.33. The molecule has 2 rings (SSSR count). The van der Waals surface area contributed by atoms with Gasteiger partial charge in [0.25, 0.3) is 5.91 Å². The van der Waals surface area contributed by atoms with Crippen LogP contribution in [0.25, 0.3) is 0 Å². The topological polar surface area (TPSA) is 57.3 Å². The molecule has 0 unspecified atom stereocenters. The van der Waals surface area contributed by atoms with Crippen LogP contribution in [0.4, 0.5) is 5.82 Å². The van der Waals surface area contributed by atoms with Crippen LogP contribution in [0.5, 0.6) is 0 Å². The van der Waals surface area contributed by atoms with Crippen molar-refractivity contribution >= 4 is 11.7 Å². The SMILES string of the molecule is CNCCCNC(=O)c1cccnc1N1CCCCC1. The molecule has 2 heterocycles. The Labute approximate surface area is 120 Å². The van der Waals surface area contributed by atoms with Crippen LogP contribution < -0.4 is 15.5 Å². The summed E-state index contributed by atoms with van der Waals surface area (Å²) in [5.74, 6) is 0.813. The van der Waals surface area contributed by atoms with E-state index in [1.54, 1.807) is 6.20 Å². The number of aromatic nitrogens is 1. The maximum atomic E-state index is 12.3. The monoisotopic (exact) mass is 276 g/mol. The number of nitrogens with zero attached hydrogens (tertiary/aromatic N) is 2. The van der Waals surface area contributed by atoms with Crippen LogP contribution in [0.1, 0.15) is 36.0 Å². The molecule has 5 heteroatoms. The average Bonchev–Trinajstić information content (AvgIpc) is 2.52. The summed E-state index contributed by atoms with van der Waals surface area (Å²) in [5, 5.41) is 6.04. The molecule has 1 aliphatic heterocycles. The van der Waals surface area contributed by atoms with Crippen molar-refractivity contribution in [3.05, 3.63) is 23.9 Å². The first-order chi connectivity index (χ1) is 9.83. The second-order valence-corrected chi connectivity index (χ2v) is 5.14. The van der Waals surface area contributed by atoms with E-state index in [-0.39, 0.29) is 5.91 Å². The van der Waals surface area contributed by atoms with Crippen LogP contribution in [0.3, 0.4) is 0 Å². The van der Waals surface area contributed by atoms with Gasteiger partial charge in [0.15, 0.2) is 0 Å². The van der Waals surface area contributed by atoms with E-state index in [1.807, 2.05) is 19.2 Å². The van der Waals surface area contributed by atoms with E-state index < -0.39 is 0 Å². The van der Waals surface area contributed by atoms with Crippen LogP contribution in [-0.2, 0) is 0 Å². The molecule has 110 valence electrons. The number of rotatable bonds is 6. The number of hydrogen-bond acceptors (Lipinski definition) is 4. The molecule has 0 spiro atoms. The minimum Gasteiger partial charge on any atom is -0.356 e. The van der Waals surface area contributed by atoms with Gasteiger partial charge in [0.05, 0.1) is 5.56 Å². The normalized spacial score (nSPS) is 15.2. The standard InChI is InChI=1S/C15H24N4O/c1-16-8-6-10-18-15(20)13-7-5-9-17-14(13)19-11-3-2-4-12-19/h5,7,9,16H,2-4,6,8,10-12H2,1H3,(H,18,20). The van der Waals surface area contributed by atoms with E-state index in [4.69, 9.17) is 0 Å². The molecule has 0 saturated carbocycles. The number of amides is 1. The van der Waals surface area contributed by atoms with Crippen molar-refractivity contribution in [2.24, 2.45) is 0 Å². The third-order valence-corrected chi connectivity index (χ3v) is 3.58. The number of hydrogen-bond donors (Lipinski definition) is 2. The van der Waals surface area contributed by atoms with Crippen molar-refractivity contribution in [1.29, 1.82) is 0 Å². The number of pyridine rings is 1. The highest BCUT2D eigenvalue weighted by atomic mass is 16.1. The smallest absolute Gasteiger partial charge is 0.255 e. The fraction of sp³-hybridized carbons (Fsp3) is 0.600. The first kappa shape index (κ1) is 14.8. The van der Waals surface area contributed by atoms with Crippen molar-refractivity contribution in [2.75, 3.05) is 38.1 Å². The van der Waals surface area contributed by atoms with E-state index in [0.29, 0.717) is 12.1 Å². The van der Waals surface area contributed by atoms with Gasteiger partial charge < -0.3 is 15.5 Å². The Morgan fingerprint density at radius 1 is 1.30 bits per heavy atom. The Kier molecular flexibility index (Phi) is 5.80. The van der Waals surface area contributed by atoms with Crippen molar-refractivity contribution in [3.63, 3.8) is 0 Å². The van der Waals surface area contributed by atoms with Crippen molar-refractivity contribution < 1.29 is 4.79 Å². The van der Waals surface area contributed by atoms with Crippen molar-refractivity contribution in [1.82, 2.24) is 15.6 Å². The Hall–Kier alpha value is -1.62. The fourth-order valence-corrected chi connectivity index (χ4v) is 2.49. The lowest BCUT2D eigenvalue weighted by molar-refractivity contribution is 0.0953. The molecule has 0 aromatic carbocycles. The van der Waals surface area contributed by atoms with Crippen LogP contribution in [-0.4, -0.2) is 44.1 Å². The zero-order valence-electron chi connectivity index (χ0n) is 12.2. The fourth-order valence-electron chi connectivity index (χ4n) is 2.49. The summed E-state index contributed by atoms with van der Waals surface area (Å²) in [4.78, 5) is 18.9. The lowest BCUT2D eigenvalue weighted by atomic mass is 10.1. The molecule has 1 amide bonds. The first-order valence-electron chi connectivity index (χ1n) is 7.45. The molecule has 0 aliphatic carbocycles. The van der Waals surface area contributed by atoms with E-state index >= 15 is 0 Å². The van der Waals surface area contributed by atoms with Crippen LogP contribution >= 0.6 is 0 Å². The molecule has 5 nitrogen and oxygen atoms in total. The number of carbonyl (C=O) groups excluding carboxylic acids is 1. The Morgan fingerprint density at radius 2 is 2.10 bits per heavy atom. The molecule has 0 atom stereocenters. The molecule has 0 radical (unpaired) electrons. The van der Waals surface area contributed by atoms with E-state index in [9.17, 15) is 4.79 Å². The second kappa shape index (κ2) is 7.85. The third kappa shape index (κ3) is 3.93. The summed E-state index contributed by atoms with van der Waals surface area (Å²) >= 11 is 0. The number of piperidine rings is 1. The lowest BCUT2D eigenvalue weighted by Crippen LogP contribution is -2.34. The Morgan fingerprint density at radius 3 is 2.85 bits per heavy atom. The molecule has 2 N–H and O–H groups in total. The highest BCUT2D eigenvalue weighted by Gasteiger charge is 2.19. The van der Waals surface area contributed by atoms with Gasteiger partial charge in [-0.1, -0.05) is 0 Å². The van der Waals surface area contributed by atoms with Gasteiger partial charge in [0, 0.05) is 25.8 Å². The summed E-state index contributed by atoms with van der Waals surface area (Å²) in [7, 11) is 1.91. The predicted octanol–water partition coefficient (Wildman–Crippen LogP) is 1.41. The lowest BCUT2D eigenvalue weighted by Gasteiger charge is -2.29. The quantitative estimate of drug-likeness (QED) is 0.771. The summed E-state index contributed by atoms with van der Waals surface area (Å²) in [5.41, 5.74) is 0.693. The Bertz CT molecular complexity index is 430. The van der Waals surface area contributed by atoms with Gasteiger partial charge in [-0.15, -0.1) is 0 Å². The summed E-state index contributed by atoms with van der Waals surface area (Å²) < 4.78 is 0. The largest absolute Gasteiger partial charge is 0.356 e. The van der Waals surface area contributed by atoms with E-state index in [2.05, 4.69) is 20.5 Å². The van der Waals surface area contributed by atoms with Crippen LogP contribution in [0, 0.1) is 0 Å². The van der Waals surface area contributed by atoms with E-state index in [1.165, 1.54) is 19.3 Å². The third-order valence-electron chi connectivity index (χ3n) is 3.58. The van der Waals surface area contributed by atoms with Gasteiger partial charge in [-0.25, -0.2) is 4.98 Å². The molecule has 1 saturated heterocycles. The number of nitrogens with one attached hydrogen (secondary N) is 2. The summed E-state index contributed by atoms with van der Waals surface area (Å²) in [6, 6.07) is 3.69. The molecule has 1 aliphatic rings. The number of anilines is 1. The maximum Gasteiger partial charge on any atom is 0.255 e.